The minimum absolute atomic E-state index is 0.102. The summed E-state index contributed by atoms with van der Waals surface area (Å²) in [7, 11) is 1.74. The van der Waals surface area contributed by atoms with Gasteiger partial charge in [0, 0.05) is 35.8 Å². The van der Waals surface area contributed by atoms with Crippen LogP contribution in [0.25, 0.3) is 27.5 Å². The first-order valence-electron chi connectivity index (χ1n) is 7.70. The molecular formula is C18H15ClFN5. The molecule has 0 unspecified atom stereocenters. The van der Waals surface area contributed by atoms with Gasteiger partial charge in [-0.3, -0.25) is 0 Å². The summed E-state index contributed by atoms with van der Waals surface area (Å²) < 4.78 is 14.8. The van der Waals surface area contributed by atoms with Crippen molar-refractivity contribution in [1.82, 2.24) is 20.3 Å². The summed E-state index contributed by atoms with van der Waals surface area (Å²) in [4.78, 5) is 11.9. The van der Waals surface area contributed by atoms with E-state index in [0.717, 1.165) is 21.9 Å². The number of aromatic amines is 1. The van der Waals surface area contributed by atoms with Crippen molar-refractivity contribution in [3.8, 4) is 0 Å². The summed E-state index contributed by atoms with van der Waals surface area (Å²) in [5.74, 6) is -0.309. The number of anilines is 1. The first kappa shape index (κ1) is 15.7. The third-order valence-electron chi connectivity index (χ3n) is 4.43. The van der Waals surface area contributed by atoms with Gasteiger partial charge in [-0.05, 0) is 23.7 Å². The van der Waals surface area contributed by atoms with Gasteiger partial charge in [0.1, 0.15) is 11.5 Å². The smallest absolute Gasteiger partial charge is 0.224 e. The Labute approximate surface area is 148 Å². The number of rotatable bonds is 3. The van der Waals surface area contributed by atoms with Crippen LogP contribution < -0.4 is 10.6 Å². The van der Waals surface area contributed by atoms with Gasteiger partial charge in [-0.25, -0.2) is 9.37 Å². The highest BCUT2D eigenvalue weighted by molar-refractivity contribution is 6.29. The number of aromatic nitrogens is 3. The van der Waals surface area contributed by atoms with E-state index in [-0.39, 0.29) is 11.1 Å². The van der Waals surface area contributed by atoms with Gasteiger partial charge >= 0.3 is 0 Å². The number of allylic oxidation sites excluding steroid dienone is 3. The molecule has 0 saturated heterocycles. The molecule has 0 radical (unpaired) electrons. The highest BCUT2D eigenvalue weighted by Gasteiger charge is 2.24. The molecule has 1 aliphatic heterocycles. The zero-order chi connectivity index (χ0) is 17.7. The van der Waals surface area contributed by atoms with E-state index < -0.39 is 0 Å². The molecule has 0 spiro atoms. The Bertz CT molecular complexity index is 1100. The van der Waals surface area contributed by atoms with Crippen LogP contribution in [0.1, 0.15) is 11.3 Å². The minimum Gasteiger partial charge on any atom is -0.386 e. The highest BCUT2D eigenvalue weighted by Crippen LogP contribution is 2.39. The summed E-state index contributed by atoms with van der Waals surface area (Å²) in [6.45, 7) is 8.01. The highest BCUT2D eigenvalue weighted by atomic mass is 35.5. The van der Waals surface area contributed by atoms with Gasteiger partial charge in [-0.15, -0.1) is 0 Å². The van der Waals surface area contributed by atoms with Crippen molar-refractivity contribution in [2.24, 2.45) is 0 Å². The maximum atomic E-state index is 14.8. The number of hydrogen-bond donors (Lipinski definition) is 3. The van der Waals surface area contributed by atoms with Crippen LogP contribution in [0.15, 0.2) is 37.1 Å². The molecule has 3 N–H and O–H groups in total. The third-order valence-corrected chi connectivity index (χ3v) is 4.60. The molecule has 0 bridgehead atoms. The average molecular weight is 356 g/mol. The molecule has 0 atom stereocenters. The van der Waals surface area contributed by atoms with Crippen LogP contribution in [0.3, 0.4) is 0 Å². The van der Waals surface area contributed by atoms with Gasteiger partial charge in [-0.1, -0.05) is 19.2 Å². The SMILES string of the molecule is C=C/C1=C(\C=C)c2nc(Cl)nc3[nH]c4c(NC)cc(F)c(c4c23)CN1. The van der Waals surface area contributed by atoms with Crippen molar-refractivity contribution in [2.75, 3.05) is 12.4 Å². The van der Waals surface area contributed by atoms with Crippen LogP contribution in [0.5, 0.6) is 0 Å². The second-order valence-corrected chi connectivity index (χ2v) is 6.00. The fraction of sp³-hybridized carbons (Fsp3) is 0.111. The zero-order valence-electron chi connectivity index (χ0n) is 13.5. The Morgan fingerprint density at radius 2 is 2.08 bits per heavy atom. The van der Waals surface area contributed by atoms with E-state index in [4.69, 9.17) is 11.6 Å². The fourth-order valence-electron chi connectivity index (χ4n) is 3.34. The second-order valence-electron chi connectivity index (χ2n) is 5.66. The van der Waals surface area contributed by atoms with Crippen LogP contribution in [0.4, 0.5) is 10.1 Å². The van der Waals surface area contributed by atoms with E-state index >= 15 is 0 Å². The number of H-pyrrole nitrogens is 1. The third kappa shape index (κ3) is 2.14. The molecule has 3 heterocycles. The lowest BCUT2D eigenvalue weighted by atomic mass is 9.98. The topological polar surface area (TPSA) is 65.6 Å². The van der Waals surface area contributed by atoms with Crippen molar-refractivity contribution in [3.63, 3.8) is 0 Å². The number of nitrogens with one attached hydrogen (secondary N) is 3. The van der Waals surface area contributed by atoms with E-state index in [1.165, 1.54) is 6.07 Å². The maximum absolute atomic E-state index is 14.8. The lowest BCUT2D eigenvalue weighted by Gasteiger charge is -2.18. The molecule has 126 valence electrons. The number of benzene rings is 1. The molecule has 25 heavy (non-hydrogen) atoms. The monoisotopic (exact) mass is 355 g/mol. The zero-order valence-corrected chi connectivity index (χ0v) is 14.3. The van der Waals surface area contributed by atoms with Crippen LogP contribution in [0.2, 0.25) is 5.28 Å². The lowest BCUT2D eigenvalue weighted by molar-refractivity contribution is 0.606. The second kappa shape index (κ2) is 5.60. The standard InChI is InChI=1S/C18H15ClFN5/c1-4-8-11(5-2)22-7-9-10(20)6-12(21-3)16-13(9)14-15(8)24-18(19)25-17(14)23-16/h4-6,21-22H,1-2,7H2,3H3,(H,23,24,25)/b11-8-. The summed E-state index contributed by atoms with van der Waals surface area (Å²) in [5, 5.41) is 7.80. The van der Waals surface area contributed by atoms with E-state index in [1.54, 1.807) is 19.2 Å². The summed E-state index contributed by atoms with van der Waals surface area (Å²) in [5.41, 5.74) is 4.54. The molecule has 5 nitrogen and oxygen atoms in total. The van der Waals surface area contributed by atoms with Gasteiger partial charge in [0.05, 0.1) is 22.3 Å². The Morgan fingerprint density at radius 3 is 2.76 bits per heavy atom. The first-order chi connectivity index (χ1) is 12.1. The molecule has 3 aromatic rings. The molecule has 0 saturated carbocycles. The molecule has 0 amide bonds. The summed E-state index contributed by atoms with van der Waals surface area (Å²) in [6.07, 6.45) is 3.35. The van der Waals surface area contributed by atoms with Crippen LogP contribution in [-0.4, -0.2) is 22.0 Å². The Kier molecular flexibility index (Phi) is 3.51. The molecule has 0 fully saturated rings. The number of nitrogens with zero attached hydrogens (tertiary/aromatic N) is 2. The number of halogens is 2. The van der Waals surface area contributed by atoms with Crippen LogP contribution in [0, 0.1) is 5.82 Å². The summed E-state index contributed by atoms with van der Waals surface area (Å²) in [6, 6.07) is 1.47. The number of hydrogen-bond acceptors (Lipinski definition) is 4. The molecule has 2 aromatic heterocycles. The molecule has 7 heteroatoms. The fourth-order valence-corrected chi connectivity index (χ4v) is 3.50. The Balaban J connectivity index is 2.31. The van der Waals surface area contributed by atoms with E-state index in [0.29, 0.717) is 34.8 Å². The first-order valence-corrected chi connectivity index (χ1v) is 8.08. The van der Waals surface area contributed by atoms with Crippen molar-refractivity contribution < 1.29 is 4.39 Å². The van der Waals surface area contributed by atoms with Crippen molar-refractivity contribution in [3.05, 3.63) is 59.4 Å². The molecule has 0 aliphatic carbocycles. The van der Waals surface area contributed by atoms with Gasteiger partial charge in [-0.2, -0.15) is 4.98 Å². The maximum Gasteiger partial charge on any atom is 0.224 e. The molecule has 1 aromatic carbocycles. The van der Waals surface area contributed by atoms with Crippen molar-refractivity contribution in [1.29, 1.82) is 0 Å². The van der Waals surface area contributed by atoms with Gasteiger partial charge < -0.3 is 15.6 Å². The van der Waals surface area contributed by atoms with E-state index in [9.17, 15) is 4.39 Å². The predicted molar refractivity (Wildman–Crippen MR) is 100 cm³/mol. The molecule has 4 rings (SSSR count). The quantitative estimate of drug-likeness (QED) is 0.618. The lowest BCUT2D eigenvalue weighted by Crippen LogP contribution is -2.16. The summed E-state index contributed by atoms with van der Waals surface area (Å²) >= 11 is 6.13. The van der Waals surface area contributed by atoms with Gasteiger partial charge in [0.25, 0.3) is 0 Å². The molecular weight excluding hydrogens is 341 g/mol. The Hall–Kier alpha value is -2.86. The average Bonchev–Trinajstić information content (AvgIpc) is 2.96. The van der Waals surface area contributed by atoms with Crippen molar-refractivity contribution in [2.45, 2.75) is 6.54 Å². The van der Waals surface area contributed by atoms with E-state index in [1.807, 2.05) is 0 Å². The van der Waals surface area contributed by atoms with E-state index in [2.05, 4.69) is 38.7 Å². The predicted octanol–water partition coefficient (Wildman–Crippen LogP) is 4.13. The van der Waals surface area contributed by atoms with Gasteiger partial charge in [0.2, 0.25) is 5.28 Å². The normalized spacial score (nSPS) is 16.6. The Morgan fingerprint density at radius 1 is 1.28 bits per heavy atom. The van der Waals surface area contributed by atoms with Crippen LogP contribution in [-0.2, 0) is 6.54 Å². The molecule has 1 aliphatic rings. The van der Waals surface area contributed by atoms with Crippen LogP contribution >= 0.6 is 11.6 Å². The largest absolute Gasteiger partial charge is 0.386 e. The minimum atomic E-state index is -0.309. The van der Waals surface area contributed by atoms with Gasteiger partial charge in [0.15, 0.2) is 0 Å². The van der Waals surface area contributed by atoms with Crippen molar-refractivity contribution >= 4 is 44.8 Å².